The van der Waals surface area contributed by atoms with Crippen molar-refractivity contribution in [2.45, 2.75) is 32.6 Å². The summed E-state index contributed by atoms with van der Waals surface area (Å²) in [5.41, 5.74) is -0.214. The van der Waals surface area contributed by atoms with E-state index in [1.54, 1.807) is 11.8 Å². The Bertz CT molecular complexity index is 737. The lowest BCUT2D eigenvalue weighted by molar-refractivity contribution is -0.133. The van der Waals surface area contributed by atoms with E-state index in [1.165, 1.54) is 12.1 Å². The van der Waals surface area contributed by atoms with Crippen LogP contribution in [0.15, 0.2) is 21.3 Å². The third-order valence-electron chi connectivity index (χ3n) is 5.53. The Morgan fingerprint density at radius 3 is 2.56 bits per heavy atom. The van der Waals surface area contributed by atoms with E-state index in [4.69, 9.17) is 4.42 Å². The molecule has 0 aromatic carbocycles. The average Bonchev–Trinajstić information content (AvgIpc) is 2.65. The Kier molecular flexibility index (Phi) is 6.31. The first kappa shape index (κ1) is 19.6. The summed E-state index contributed by atoms with van der Waals surface area (Å²) in [6.07, 6.45) is 3.27. The molecule has 7 heteroatoms. The van der Waals surface area contributed by atoms with Crippen molar-refractivity contribution in [3.05, 3.63) is 33.9 Å². The normalized spacial score (nSPS) is 21.3. The number of nitrogens with zero attached hydrogens (tertiary/aromatic N) is 3. The number of carbonyl (C=O) groups excluding carboxylic acids is 2. The molecule has 0 aliphatic carbocycles. The minimum Gasteiger partial charge on any atom is -0.456 e. The number of likely N-dealkylation sites (tertiary alicyclic amines) is 1. The Hall–Kier alpha value is -2.15. The predicted molar refractivity (Wildman–Crippen MR) is 102 cm³/mol. The van der Waals surface area contributed by atoms with Gasteiger partial charge in [0.2, 0.25) is 5.91 Å². The van der Waals surface area contributed by atoms with Crippen LogP contribution in [-0.2, 0) is 4.79 Å². The highest BCUT2D eigenvalue weighted by Crippen LogP contribution is 2.23. The van der Waals surface area contributed by atoms with E-state index in [1.807, 2.05) is 4.90 Å². The molecule has 27 heavy (non-hydrogen) atoms. The van der Waals surface area contributed by atoms with Gasteiger partial charge in [-0.1, -0.05) is 0 Å². The monoisotopic (exact) mass is 375 g/mol. The predicted octanol–water partition coefficient (Wildman–Crippen LogP) is 1.35. The lowest BCUT2D eigenvalue weighted by Gasteiger charge is -2.34. The molecule has 1 aromatic rings. The fourth-order valence-electron chi connectivity index (χ4n) is 3.89. The second-order valence-corrected chi connectivity index (χ2v) is 7.75. The minimum absolute atomic E-state index is 0.106. The summed E-state index contributed by atoms with van der Waals surface area (Å²) >= 11 is 0. The van der Waals surface area contributed by atoms with Crippen LogP contribution in [0.25, 0.3) is 0 Å². The number of rotatable bonds is 4. The highest BCUT2D eigenvalue weighted by molar-refractivity contribution is 5.91. The summed E-state index contributed by atoms with van der Waals surface area (Å²) in [6, 6.07) is 2.63. The second-order valence-electron chi connectivity index (χ2n) is 7.75. The van der Waals surface area contributed by atoms with Crippen molar-refractivity contribution in [3.63, 3.8) is 0 Å². The molecule has 0 saturated carbocycles. The van der Waals surface area contributed by atoms with Gasteiger partial charge >= 0.3 is 0 Å². The Morgan fingerprint density at radius 2 is 1.85 bits per heavy atom. The van der Waals surface area contributed by atoms with Gasteiger partial charge in [-0.15, -0.1) is 0 Å². The fourth-order valence-corrected chi connectivity index (χ4v) is 3.89. The van der Waals surface area contributed by atoms with Crippen LogP contribution in [0.2, 0.25) is 0 Å². The Labute approximate surface area is 159 Å². The van der Waals surface area contributed by atoms with Crippen molar-refractivity contribution in [1.29, 1.82) is 0 Å². The van der Waals surface area contributed by atoms with Gasteiger partial charge in [0.05, 0.1) is 0 Å². The van der Waals surface area contributed by atoms with Crippen LogP contribution >= 0.6 is 0 Å². The maximum atomic E-state index is 12.7. The standard InChI is InChI=1S/C20H29N3O4/c1-15-12-17(24)13-18(27-15)20(26)23-7-3-4-16(14-23)5-6-19(25)22-10-8-21(2)9-11-22/h12-13,16H,3-11,14H2,1-2H3/t16-/m0/s1. The quantitative estimate of drug-likeness (QED) is 0.794. The Balaban J connectivity index is 1.52. The van der Waals surface area contributed by atoms with Crippen LogP contribution in [0.1, 0.15) is 42.0 Å². The summed E-state index contributed by atoms with van der Waals surface area (Å²) in [5, 5.41) is 0. The molecule has 0 spiro atoms. The van der Waals surface area contributed by atoms with E-state index in [0.29, 0.717) is 31.2 Å². The molecule has 0 bridgehead atoms. The van der Waals surface area contributed by atoms with Crippen LogP contribution in [0, 0.1) is 12.8 Å². The average molecular weight is 375 g/mol. The molecule has 1 aromatic heterocycles. The van der Waals surface area contributed by atoms with Gasteiger partial charge in [-0.05, 0) is 39.2 Å². The highest BCUT2D eigenvalue weighted by atomic mass is 16.3. The van der Waals surface area contributed by atoms with Crippen LogP contribution in [0.4, 0.5) is 0 Å². The van der Waals surface area contributed by atoms with Crippen molar-refractivity contribution in [3.8, 4) is 0 Å². The molecule has 2 saturated heterocycles. The van der Waals surface area contributed by atoms with Crippen LogP contribution in [0.5, 0.6) is 0 Å². The minimum atomic E-state index is -0.231. The molecule has 0 radical (unpaired) electrons. The van der Waals surface area contributed by atoms with Crippen LogP contribution < -0.4 is 5.43 Å². The highest BCUT2D eigenvalue weighted by Gasteiger charge is 2.27. The first-order valence-corrected chi connectivity index (χ1v) is 9.80. The van der Waals surface area contributed by atoms with Crippen molar-refractivity contribution in [2.24, 2.45) is 5.92 Å². The molecule has 2 fully saturated rings. The molecule has 1 atom stereocenters. The molecule has 0 N–H and O–H groups in total. The molecule has 3 rings (SSSR count). The molecular weight excluding hydrogens is 346 g/mol. The number of hydrogen-bond donors (Lipinski definition) is 0. The second kappa shape index (κ2) is 8.69. The van der Waals surface area contributed by atoms with Gasteiger partial charge < -0.3 is 19.1 Å². The summed E-state index contributed by atoms with van der Waals surface area (Å²) in [5.74, 6) is 0.851. The molecule has 148 valence electrons. The molecular formula is C20H29N3O4. The SMILES string of the molecule is Cc1cc(=O)cc(C(=O)N2CCC[C@@H](CCC(=O)N3CCN(C)CC3)C2)o1. The van der Waals surface area contributed by atoms with Crippen molar-refractivity contribution < 1.29 is 14.0 Å². The number of amides is 2. The zero-order valence-corrected chi connectivity index (χ0v) is 16.3. The van der Waals surface area contributed by atoms with Gasteiger partial charge in [-0.25, -0.2) is 0 Å². The van der Waals surface area contributed by atoms with E-state index in [2.05, 4.69) is 11.9 Å². The maximum absolute atomic E-state index is 12.7. The van der Waals surface area contributed by atoms with E-state index in [-0.39, 0.29) is 23.0 Å². The smallest absolute Gasteiger partial charge is 0.289 e. The number of carbonyl (C=O) groups is 2. The number of likely N-dealkylation sites (N-methyl/N-ethyl adjacent to an activating group) is 1. The summed E-state index contributed by atoms with van der Waals surface area (Å²) < 4.78 is 5.44. The summed E-state index contributed by atoms with van der Waals surface area (Å²) in [4.78, 5) is 42.7. The lowest BCUT2D eigenvalue weighted by Crippen LogP contribution is -2.47. The first-order valence-electron chi connectivity index (χ1n) is 9.80. The first-order chi connectivity index (χ1) is 12.9. The molecule has 2 amide bonds. The molecule has 3 heterocycles. The lowest BCUT2D eigenvalue weighted by atomic mass is 9.93. The van der Waals surface area contributed by atoms with Gasteiger partial charge in [0.1, 0.15) is 5.76 Å². The number of piperazine rings is 1. The van der Waals surface area contributed by atoms with Crippen molar-refractivity contribution in [2.75, 3.05) is 46.3 Å². The summed E-state index contributed by atoms with van der Waals surface area (Å²) in [7, 11) is 2.08. The maximum Gasteiger partial charge on any atom is 0.289 e. The molecule has 2 aliphatic rings. The zero-order chi connectivity index (χ0) is 19.4. The third-order valence-corrected chi connectivity index (χ3v) is 5.53. The Morgan fingerprint density at radius 1 is 1.11 bits per heavy atom. The van der Waals surface area contributed by atoms with Gasteiger partial charge in [0, 0.05) is 57.8 Å². The number of piperidine rings is 1. The van der Waals surface area contributed by atoms with Crippen LogP contribution in [0.3, 0.4) is 0 Å². The van der Waals surface area contributed by atoms with E-state index >= 15 is 0 Å². The fraction of sp³-hybridized carbons (Fsp3) is 0.650. The van der Waals surface area contributed by atoms with Crippen LogP contribution in [-0.4, -0.2) is 72.8 Å². The molecule has 7 nitrogen and oxygen atoms in total. The zero-order valence-electron chi connectivity index (χ0n) is 16.3. The third kappa shape index (κ3) is 5.19. The number of hydrogen-bond acceptors (Lipinski definition) is 5. The van der Waals surface area contributed by atoms with Gasteiger partial charge in [0.15, 0.2) is 11.2 Å². The number of aryl methyl sites for hydroxylation is 1. The van der Waals surface area contributed by atoms with E-state index < -0.39 is 0 Å². The van der Waals surface area contributed by atoms with E-state index in [9.17, 15) is 14.4 Å². The van der Waals surface area contributed by atoms with Gasteiger partial charge in [-0.2, -0.15) is 0 Å². The van der Waals surface area contributed by atoms with Crippen molar-refractivity contribution >= 4 is 11.8 Å². The summed E-state index contributed by atoms with van der Waals surface area (Å²) in [6.45, 7) is 6.42. The molecule has 0 unspecified atom stereocenters. The topological polar surface area (TPSA) is 74.1 Å². The van der Waals surface area contributed by atoms with Gasteiger partial charge in [0.25, 0.3) is 5.91 Å². The van der Waals surface area contributed by atoms with Gasteiger partial charge in [-0.3, -0.25) is 14.4 Å². The molecule has 2 aliphatic heterocycles. The van der Waals surface area contributed by atoms with Crippen molar-refractivity contribution in [1.82, 2.24) is 14.7 Å². The largest absolute Gasteiger partial charge is 0.456 e. The van der Waals surface area contributed by atoms with E-state index in [0.717, 1.165) is 45.4 Å².